The number of carbonyl (C=O) groups is 1. The lowest BCUT2D eigenvalue weighted by Crippen LogP contribution is -2.37. The molecule has 38 heavy (non-hydrogen) atoms. The molecule has 1 aliphatic carbocycles. The first-order valence-corrected chi connectivity index (χ1v) is 14.1. The van der Waals surface area contributed by atoms with Crippen LogP contribution < -0.4 is 5.32 Å². The van der Waals surface area contributed by atoms with Crippen molar-refractivity contribution in [3.63, 3.8) is 0 Å². The van der Waals surface area contributed by atoms with Crippen LogP contribution in [0, 0.1) is 0 Å². The third kappa shape index (κ3) is 3.85. The Balaban J connectivity index is 1.20. The average molecular weight is 506 g/mol. The van der Waals surface area contributed by atoms with Crippen LogP contribution >= 0.6 is 0 Å². The molecule has 0 saturated carbocycles. The number of carbonyl (C=O) groups excluding carboxylic acids is 1. The number of likely N-dealkylation sites (tertiary alicyclic amines) is 1. The molecule has 2 N–H and O–H groups in total. The van der Waals surface area contributed by atoms with Gasteiger partial charge >= 0.3 is 0 Å². The van der Waals surface area contributed by atoms with E-state index >= 15 is 0 Å². The maximum atomic E-state index is 12.6. The largest absolute Gasteiger partial charge is 0.343 e. The summed E-state index contributed by atoms with van der Waals surface area (Å²) < 4.78 is 0. The fourth-order valence-corrected chi connectivity index (χ4v) is 7.02. The van der Waals surface area contributed by atoms with E-state index in [0.717, 1.165) is 57.9 Å². The molecule has 2 aromatic heterocycles. The topological polar surface area (TPSA) is 73.9 Å². The van der Waals surface area contributed by atoms with Crippen LogP contribution in [0.15, 0.2) is 48.7 Å². The summed E-state index contributed by atoms with van der Waals surface area (Å²) in [6.45, 7) is 7.72. The minimum absolute atomic E-state index is 0.0306. The highest BCUT2D eigenvalue weighted by molar-refractivity contribution is 6.02. The van der Waals surface area contributed by atoms with Gasteiger partial charge in [0.25, 0.3) is 5.91 Å². The van der Waals surface area contributed by atoms with Gasteiger partial charge in [-0.25, -0.2) is 4.98 Å². The van der Waals surface area contributed by atoms with Crippen LogP contribution in [0.3, 0.4) is 0 Å². The van der Waals surface area contributed by atoms with Gasteiger partial charge in [-0.3, -0.25) is 14.8 Å². The monoisotopic (exact) mass is 505 g/mol. The molecule has 4 aromatic rings. The molecule has 3 aliphatic rings. The lowest BCUT2D eigenvalue weighted by Gasteiger charge is -2.30. The van der Waals surface area contributed by atoms with Crippen molar-refractivity contribution < 1.29 is 4.79 Å². The molecule has 194 valence electrons. The fourth-order valence-electron chi connectivity index (χ4n) is 7.02. The van der Waals surface area contributed by atoms with Gasteiger partial charge in [0.2, 0.25) is 0 Å². The van der Waals surface area contributed by atoms with Crippen molar-refractivity contribution in [2.75, 3.05) is 6.54 Å². The number of nitrogens with one attached hydrogen (secondary N) is 2. The number of nitrogens with zero attached hydrogens (tertiary/aromatic N) is 3. The van der Waals surface area contributed by atoms with E-state index in [1.54, 1.807) is 0 Å². The Kier molecular flexibility index (Phi) is 5.45. The Morgan fingerprint density at radius 2 is 1.76 bits per heavy atom. The molecule has 6 heteroatoms. The van der Waals surface area contributed by atoms with Crippen LogP contribution in [0.5, 0.6) is 0 Å². The highest BCUT2D eigenvalue weighted by atomic mass is 16.2. The third-order valence-corrected chi connectivity index (χ3v) is 9.16. The molecule has 0 bridgehead atoms. The normalized spacial score (nSPS) is 22.8. The standard InChI is InChI=1S/C32H35N5O/c1-19-5-4-14-37(19)25-11-8-20-6-7-22(15-21(20)9-12-25)24-17-27-29(35-36-30(27)33-18-24)23-10-13-28-26(16-23)31(38)34-32(28,2)3/h6-7,10,13,15-19,25H,4-5,8-9,11-12,14H2,1-3H3,(H,34,38)(H,33,35,36)/t19-,25?/m1/s1. The van der Waals surface area contributed by atoms with Gasteiger partial charge in [-0.2, -0.15) is 5.10 Å². The van der Waals surface area contributed by atoms with E-state index in [4.69, 9.17) is 4.98 Å². The minimum atomic E-state index is -0.356. The number of aryl methyl sites for hydroxylation is 2. The van der Waals surface area contributed by atoms with Crippen LogP contribution in [0.25, 0.3) is 33.4 Å². The van der Waals surface area contributed by atoms with Crippen molar-refractivity contribution in [2.24, 2.45) is 0 Å². The SMILES string of the molecule is C[C@@H]1CCCN1C1CCc2ccc(-c3cnc4[nH]nc(-c5ccc6c(c5)C(=O)NC6(C)C)c4c3)cc2CC1. The van der Waals surface area contributed by atoms with Gasteiger partial charge in [0, 0.05) is 40.4 Å². The molecular weight excluding hydrogens is 470 g/mol. The molecule has 2 atom stereocenters. The van der Waals surface area contributed by atoms with Gasteiger partial charge in [0.1, 0.15) is 5.69 Å². The molecular formula is C32H35N5O. The van der Waals surface area contributed by atoms with E-state index < -0.39 is 0 Å². The number of H-pyrrole nitrogens is 1. The lowest BCUT2D eigenvalue weighted by atomic mass is 9.92. The number of aromatic amines is 1. The highest BCUT2D eigenvalue weighted by Crippen LogP contribution is 2.36. The zero-order chi connectivity index (χ0) is 26.0. The predicted molar refractivity (Wildman–Crippen MR) is 151 cm³/mol. The second kappa shape index (κ2) is 8.77. The molecule has 7 rings (SSSR count). The van der Waals surface area contributed by atoms with Gasteiger partial charge < -0.3 is 5.32 Å². The number of hydrogen-bond acceptors (Lipinski definition) is 4. The Morgan fingerprint density at radius 3 is 2.58 bits per heavy atom. The number of hydrogen-bond donors (Lipinski definition) is 2. The van der Waals surface area contributed by atoms with Gasteiger partial charge in [0.15, 0.2) is 5.65 Å². The van der Waals surface area contributed by atoms with Crippen LogP contribution in [0.2, 0.25) is 0 Å². The minimum Gasteiger partial charge on any atom is -0.343 e. The van der Waals surface area contributed by atoms with Gasteiger partial charge in [0.05, 0.1) is 5.54 Å². The smallest absolute Gasteiger partial charge is 0.252 e. The highest BCUT2D eigenvalue weighted by Gasteiger charge is 2.35. The molecule has 6 nitrogen and oxygen atoms in total. The second-order valence-electron chi connectivity index (χ2n) is 12.0. The van der Waals surface area contributed by atoms with E-state index in [1.165, 1.54) is 48.9 Å². The Bertz CT molecular complexity index is 1570. The summed E-state index contributed by atoms with van der Waals surface area (Å²) >= 11 is 0. The van der Waals surface area contributed by atoms with E-state index in [-0.39, 0.29) is 11.4 Å². The predicted octanol–water partition coefficient (Wildman–Crippen LogP) is 6.00. The molecule has 2 aromatic carbocycles. The Hall–Kier alpha value is -3.51. The molecule has 1 fully saturated rings. The first kappa shape index (κ1) is 23.6. The van der Waals surface area contributed by atoms with Crippen LogP contribution in [-0.2, 0) is 18.4 Å². The quantitative estimate of drug-likeness (QED) is 0.335. The van der Waals surface area contributed by atoms with Crippen molar-refractivity contribution in [1.82, 2.24) is 25.4 Å². The zero-order valence-electron chi connectivity index (χ0n) is 22.5. The Labute approximate surface area is 223 Å². The number of amides is 1. The van der Waals surface area contributed by atoms with E-state index in [0.29, 0.717) is 6.04 Å². The first-order chi connectivity index (χ1) is 18.4. The summed E-state index contributed by atoms with van der Waals surface area (Å²) in [6.07, 6.45) is 9.43. The van der Waals surface area contributed by atoms with Crippen LogP contribution in [0.1, 0.15) is 73.5 Å². The zero-order valence-corrected chi connectivity index (χ0v) is 22.5. The first-order valence-electron chi connectivity index (χ1n) is 14.1. The fraction of sp³-hybridized carbons (Fsp3) is 0.406. The van der Waals surface area contributed by atoms with Gasteiger partial charge in [-0.15, -0.1) is 0 Å². The summed E-state index contributed by atoms with van der Waals surface area (Å²) in [6, 6.07) is 16.7. The average Bonchev–Trinajstić information content (AvgIpc) is 3.54. The summed E-state index contributed by atoms with van der Waals surface area (Å²) in [5.74, 6) is -0.0306. The van der Waals surface area contributed by atoms with Gasteiger partial charge in [-0.05, 0) is 100 Å². The third-order valence-electron chi connectivity index (χ3n) is 9.16. The molecule has 2 aliphatic heterocycles. The van der Waals surface area contributed by atoms with Crippen LogP contribution in [0.4, 0.5) is 0 Å². The molecule has 1 amide bonds. The van der Waals surface area contributed by atoms with Crippen molar-refractivity contribution >= 4 is 16.9 Å². The lowest BCUT2D eigenvalue weighted by molar-refractivity contribution is 0.0940. The molecule has 0 radical (unpaired) electrons. The van der Waals surface area contributed by atoms with E-state index in [1.807, 2.05) is 32.2 Å². The summed E-state index contributed by atoms with van der Waals surface area (Å²) in [4.78, 5) is 20.1. The summed E-state index contributed by atoms with van der Waals surface area (Å²) in [7, 11) is 0. The number of aromatic nitrogens is 3. The molecule has 0 spiro atoms. The number of fused-ring (bicyclic) bond motifs is 3. The number of rotatable bonds is 3. The maximum Gasteiger partial charge on any atom is 0.252 e. The Morgan fingerprint density at radius 1 is 0.947 bits per heavy atom. The molecule has 1 saturated heterocycles. The second-order valence-corrected chi connectivity index (χ2v) is 12.0. The number of pyridine rings is 1. The van der Waals surface area contributed by atoms with Crippen LogP contribution in [-0.4, -0.2) is 44.6 Å². The van der Waals surface area contributed by atoms with Crippen molar-refractivity contribution in [2.45, 2.75) is 76.9 Å². The summed E-state index contributed by atoms with van der Waals surface area (Å²) in [5, 5.41) is 11.7. The van der Waals surface area contributed by atoms with E-state index in [9.17, 15) is 4.79 Å². The van der Waals surface area contributed by atoms with Crippen molar-refractivity contribution in [1.29, 1.82) is 0 Å². The molecule has 4 heterocycles. The van der Waals surface area contributed by atoms with E-state index in [2.05, 4.69) is 57.7 Å². The summed E-state index contributed by atoms with van der Waals surface area (Å²) in [5.41, 5.74) is 9.17. The van der Waals surface area contributed by atoms with Gasteiger partial charge in [-0.1, -0.05) is 30.3 Å². The van der Waals surface area contributed by atoms with Crippen molar-refractivity contribution in [3.8, 4) is 22.4 Å². The number of benzene rings is 2. The maximum absolute atomic E-state index is 12.6. The van der Waals surface area contributed by atoms with Crippen molar-refractivity contribution in [3.05, 3.63) is 70.9 Å². The molecule has 1 unspecified atom stereocenters.